The number of ether oxygens (including phenoxy) is 1. The number of carbonyl (C=O) groups excluding carboxylic acids is 1. The minimum absolute atomic E-state index is 0.117. The summed E-state index contributed by atoms with van der Waals surface area (Å²) in [5.41, 5.74) is 0.0771. The number of esters is 1. The Kier molecular flexibility index (Phi) is 5.79. The predicted molar refractivity (Wildman–Crippen MR) is 66.5 cm³/mol. The molecule has 18 heavy (non-hydrogen) atoms. The second-order valence-corrected chi connectivity index (χ2v) is 3.69. The number of nitrogens with zero attached hydrogens (tertiary/aromatic N) is 1. The maximum atomic E-state index is 11.6. The number of hydrogen-bond donors (Lipinski definition) is 1. The summed E-state index contributed by atoms with van der Waals surface area (Å²) >= 11 is 0. The normalized spacial score (nSPS) is 10.1. The van der Waals surface area contributed by atoms with Gasteiger partial charge in [0, 0.05) is 18.7 Å². The van der Waals surface area contributed by atoms with Crippen molar-refractivity contribution in [3.63, 3.8) is 0 Å². The van der Waals surface area contributed by atoms with Crippen molar-refractivity contribution in [2.24, 2.45) is 0 Å². The molecule has 0 aliphatic carbocycles. The van der Waals surface area contributed by atoms with Gasteiger partial charge >= 0.3 is 5.97 Å². The van der Waals surface area contributed by atoms with Gasteiger partial charge in [0.15, 0.2) is 0 Å². The summed E-state index contributed by atoms with van der Waals surface area (Å²) < 4.78 is 4.99. The molecule has 0 saturated heterocycles. The van der Waals surface area contributed by atoms with Gasteiger partial charge in [-0.2, -0.15) is 0 Å². The van der Waals surface area contributed by atoms with Crippen LogP contribution < -0.4 is 5.32 Å². The molecule has 1 rings (SSSR count). The van der Waals surface area contributed by atoms with E-state index < -0.39 is 10.9 Å². The maximum absolute atomic E-state index is 11.6. The van der Waals surface area contributed by atoms with Gasteiger partial charge in [0.25, 0.3) is 5.69 Å². The topological polar surface area (TPSA) is 81.5 Å². The highest BCUT2D eigenvalue weighted by Crippen LogP contribution is 2.13. The molecule has 1 N–H and O–H groups in total. The second-order valence-electron chi connectivity index (χ2n) is 3.69. The van der Waals surface area contributed by atoms with Gasteiger partial charge in [-0.25, -0.2) is 4.79 Å². The highest BCUT2D eigenvalue weighted by Gasteiger charge is 2.12. The van der Waals surface area contributed by atoms with Gasteiger partial charge in [0.05, 0.1) is 10.5 Å². The second kappa shape index (κ2) is 7.39. The van der Waals surface area contributed by atoms with Gasteiger partial charge in [-0.15, -0.1) is 0 Å². The smallest absolute Gasteiger partial charge is 0.338 e. The Morgan fingerprint density at radius 2 is 2.22 bits per heavy atom. The van der Waals surface area contributed by atoms with Crippen LogP contribution in [0.1, 0.15) is 23.7 Å². The summed E-state index contributed by atoms with van der Waals surface area (Å²) in [4.78, 5) is 21.6. The van der Waals surface area contributed by atoms with Crippen molar-refractivity contribution in [1.29, 1.82) is 0 Å². The van der Waals surface area contributed by atoms with E-state index in [9.17, 15) is 14.9 Å². The van der Waals surface area contributed by atoms with Crippen LogP contribution in [0.25, 0.3) is 0 Å². The van der Waals surface area contributed by atoms with Crippen LogP contribution in [0.4, 0.5) is 5.69 Å². The molecule has 0 bridgehead atoms. The molecule has 0 radical (unpaired) electrons. The van der Waals surface area contributed by atoms with E-state index in [1.54, 1.807) is 0 Å². The number of hydrogen-bond acceptors (Lipinski definition) is 5. The van der Waals surface area contributed by atoms with Crippen LogP contribution in [0.5, 0.6) is 0 Å². The highest BCUT2D eigenvalue weighted by molar-refractivity contribution is 5.90. The van der Waals surface area contributed by atoms with Crippen molar-refractivity contribution in [3.8, 4) is 0 Å². The third-order valence-corrected chi connectivity index (χ3v) is 2.23. The van der Waals surface area contributed by atoms with Gasteiger partial charge in [0.1, 0.15) is 6.61 Å². The first-order valence-electron chi connectivity index (χ1n) is 5.77. The van der Waals surface area contributed by atoms with E-state index in [1.165, 1.54) is 24.3 Å². The molecule has 0 aliphatic heterocycles. The third-order valence-electron chi connectivity index (χ3n) is 2.23. The van der Waals surface area contributed by atoms with Crippen molar-refractivity contribution in [1.82, 2.24) is 5.32 Å². The third kappa shape index (κ3) is 4.50. The summed E-state index contributed by atoms with van der Waals surface area (Å²) in [6.45, 7) is 3.74. The molecule has 0 fully saturated rings. The summed E-state index contributed by atoms with van der Waals surface area (Å²) in [5, 5.41) is 13.6. The molecule has 6 nitrogen and oxygen atoms in total. The average Bonchev–Trinajstić information content (AvgIpc) is 2.38. The van der Waals surface area contributed by atoms with Crippen molar-refractivity contribution >= 4 is 11.7 Å². The monoisotopic (exact) mass is 252 g/mol. The molecule has 0 saturated carbocycles. The summed E-state index contributed by atoms with van der Waals surface area (Å²) in [6, 6.07) is 5.50. The van der Waals surface area contributed by atoms with Crippen LogP contribution in [0.15, 0.2) is 24.3 Å². The lowest BCUT2D eigenvalue weighted by Crippen LogP contribution is -2.22. The van der Waals surface area contributed by atoms with Crippen LogP contribution in [0.2, 0.25) is 0 Å². The summed E-state index contributed by atoms with van der Waals surface area (Å²) in [5.74, 6) is -0.544. The van der Waals surface area contributed by atoms with Gasteiger partial charge in [0.2, 0.25) is 0 Å². The number of carbonyl (C=O) groups is 1. The van der Waals surface area contributed by atoms with Crippen molar-refractivity contribution in [3.05, 3.63) is 39.9 Å². The van der Waals surface area contributed by atoms with E-state index in [0.717, 1.165) is 13.0 Å². The molecule has 0 unspecified atom stereocenters. The van der Waals surface area contributed by atoms with E-state index in [2.05, 4.69) is 5.32 Å². The SMILES string of the molecule is CCCNCCOC(=O)c1cccc([N+](=O)[O-])c1. The summed E-state index contributed by atoms with van der Waals surface area (Å²) in [7, 11) is 0. The van der Waals surface area contributed by atoms with Crippen LogP contribution in [-0.2, 0) is 4.74 Å². The van der Waals surface area contributed by atoms with Crippen molar-refractivity contribution < 1.29 is 14.5 Å². The Bertz CT molecular complexity index is 420. The first-order chi connectivity index (χ1) is 8.65. The quantitative estimate of drug-likeness (QED) is 0.346. The minimum Gasteiger partial charge on any atom is -0.461 e. The number of non-ortho nitro benzene ring substituents is 1. The maximum Gasteiger partial charge on any atom is 0.338 e. The molecule has 0 aliphatic rings. The highest BCUT2D eigenvalue weighted by atomic mass is 16.6. The lowest BCUT2D eigenvalue weighted by molar-refractivity contribution is -0.384. The van der Waals surface area contributed by atoms with E-state index in [-0.39, 0.29) is 17.9 Å². The van der Waals surface area contributed by atoms with Crippen LogP contribution in [-0.4, -0.2) is 30.6 Å². The van der Waals surface area contributed by atoms with Gasteiger partial charge in [-0.3, -0.25) is 10.1 Å². The fourth-order valence-electron chi connectivity index (χ4n) is 1.35. The Morgan fingerprint density at radius 1 is 1.44 bits per heavy atom. The van der Waals surface area contributed by atoms with E-state index in [0.29, 0.717) is 6.54 Å². The van der Waals surface area contributed by atoms with E-state index in [4.69, 9.17) is 4.74 Å². The fourth-order valence-corrected chi connectivity index (χ4v) is 1.35. The number of nitrogens with one attached hydrogen (secondary N) is 1. The van der Waals surface area contributed by atoms with Gasteiger partial charge < -0.3 is 10.1 Å². The van der Waals surface area contributed by atoms with Crippen LogP contribution in [0.3, 0.4) is 0 Å². The molecule has 0 atom stereocenters. The molecule has 1 aromatic rings. The standard InChI is InChI=1S/C12H16N2O4/c1-2-6-13-7-8-18-12(15)10-4-3-5-11(9-10)14(16)17/h3-5,9,13H,2,6-8H2,1H3. The Hall–Kier alpha value is -1.95. The molecule has 0 spiro atoms. The van der Waals surface area contributed by atoms with Crippen molar-refractivity contribution in [2.45, 2.75) is 13.3 Å². The first kappa shape index (κ1) is 14.1. The molecular formula is C12H16N2O4. The number of nitro groups is 1. The minimum atomic E-state index is -0.544. The zero-order valence-electron chi connectivity index (χ0n) is 10.2. The van der Waals surface area contributed by atoms with E-state index in [1.807, 2.05) is 6.92 Å². The molecule has 0 aromatic heterocycles. The molecule has 6 heteroatoms. The Morgan fingerprint density at radius 3 is 2.89 bits per heavy atom. The van der Waals surface area contributed by atoms with Crippen LogP contribution in [0, 0.1) is 10.1 Å². The number of nitro benzene ring substituents is 1. The number of rotatable bonds is 7. The Balaban J connectivity index is 2.46. The molecule has 0 amide bonds. The lowest BCUT2D eigenvalue weighted by atomic mass is 10.2. The molecule has 0 heterocycles. The first-order valence-corrected chi connectivity index (χ1v) is 5.77. The average molecular weight is 252 g/mol. The lowest BCUT2D eigenvalue weighted by Gasteiger charge is -2.05. The Labute approximate surface area is 105 Å². The fraction of sp³-hybridized carbons (Fsp3) is 0.417. The van der Waals surface area contributed by atoms with Crippen molar-refractivity contribution in [2.75, 3.05) is 19.7 Å². The number of benzene rings is 1. The summed E-state index contributed by atoms with van der Waals surface area (Å²) in [6.07, 6.45) is 1.01. The van der Waals surface area contributed by atoms with Crippen LogP contribution >= 0.6 is 0 Å². The zero-order chi connectivity index (χ0) is 13.4. The molecular weight excluding hydrogens is 236 g/mol. The predicted octanol–water partition coefficient (Wildman–Crippen LogP) is 1.75. The molecule has 1 aromatic carbocycles. The zero-order valence-corrected chi connectivity index (χ0v) is 10.2. The largest absolute Gasteiger partial charge is 0.461 e. The van der Waals surface area contributed by atoms with Gasteiger partial charge in [-0.05, 0) is 19.0 Å². The van der Waals surface area contributed by atoms with Gasteiger partial charge in [-0.1, -0.05) is 13.0 Å². The van der Waals surface area contributed by atoms with E-state index >= 15 is 0 Å². The molecule has 98 valence electrons.